The molecule has 0 amide bonds. The highest BCUT2D eigenvalue weighted by Gasteiger charge is 2.09. The topological polar surface area (TPSA) is 53.1 Å². The highest BCUT2D eigenvalue weighted by atomic mass is 35.5. The van der Waals surface area contributed by atoms with E-state index in [1.54, 1.807) is 24.3 Å². The molecule has 2 rings (SSSR count). The number of aromatic amines is 1. The standard InChI is InChI=1S/C11H7Cl2NO2/c12-6-1-2-7(8(13)5-6)9-3-4-10(14-9)11(15)16/h1-5,14H,(H,15,16). The van der Waals surface area contributed by atoms with Gasteiger partial charge in [0.25, 0.3) is 0 Å². The second-order valence-electron chi connectivity index (χ2n) is 3.22. The van der Waals surface area contributed by atoms with E-state index >= 15 is 0 Å². The van der Waals surface area contributed by atoms with Gasteiger partial charge in [0.1, 0.15) is 5.69 Å². The number of hydrogen-bond donors (Lipinski definition) is 2. The second-order valence-corrected chi connectivity index (χ2v) is 4.06. The monoisotopic (exact) mass is 255 g/mol. The molecule has 0 atom stereocenters. The predicted molar refractivity (Wildman–Crippen MR) is 63.2 cm³/mol. The Kier molecular flexibility index (Phi) is 2.90. The van der Waals surface area contributed by atoms with E-state index in [1.807, 2.05) is 0 Å². The Labute approximate surface area is 102 Å². The van der Waals surface area contributed by atoms with Crippen LogP contribution in [0.25, 0.3) is 11.3 Å². The van der Waals surface area contributed by atoms with Gasteiger partial charge in [0.2, 0.25) is 0 Å². The first-order valence-corrected chi connectivity index (χ1v) is 5.21. The lowest BCUT2D eigenvalue weighted by Gasteiger charge is -2.01. The fourth-order valence-corrected chi connectivity index (χ4v) is 1.90. The third kappa shape index (κ3) is 2.05. The average molecular weight is 256 g/mol. The van der Waals surface area contributed by atoms with Crippen molar-refractivity contribution in [2.75, 3.05) is 0 Å². The van der Waals surface area contributed by atoms with Gasteiger partial charge in [-0.15, -0.1) is 0 Å². The molecule has 0 saturated heterocycles. The van der Waals surface area contributed by atoms with Crippen molar-refractivity contribution in [1.29, 1.82) is 0 Å². The van der Waals surface area contributed by atoms with Crippen molar-refractivity contribution in [3.05, 3.63) is 46.1 Å². The van der Waals surface area contributed by atoms with Gasteiger partial charge in [0.05, 0.1) is 5.02 Å². The molecule has 0 unspecified atom stereocenters. The number of halogens is 2. The van der Waals surface area contributed by atoms with Crippen LogP contribution in [0.4, 0.5) is 0 Å². The highest BCUT2D eigenvalue weighted by molar-refractivity contribution is 6.36. The summed E-state index contributed by atoms with van der Waals surface area (Å²) in [6.45, 7) is 0. The summed E-state index contributed by atoms with van der Waals surface area (Å²) in [5.41, 5.74) is 1.50. The molecule has 2 aromatic rings. The molecule has 1 aromatic carbocycles. The summed E-state index contributed by atoms with van der Waals surface area (Å²) >= 11 is 11.8. The van der Waals surface area contributed by atoms with E-state index < -0.39 is 5.97 Å². The minimum atomic E-state index is -1.00. The minimum Gasteiger partial charge on any atom is -0.477 e. The maximum Gasteiger partial charge on any atom is 0.352 e. The number of benzene rings is 1. The third-order valence-corrected chi connectivity index (χ3v) is 2.69. The summed E-state index contributed by atoms with van der Waals surface area (Å²) in [7, 11) is 0. The molecule has 3 nitrogen and oxygen atoms in total. The third-order valence-electron chi connectivity index (χ3n) is 2.14. The zero-order chi connectivity index (χ0) is 11.7. The van der Waals surface area contributed by atoms with Crippen LogP contribution >= 0.6 is 23.2 Å². The van der Waals surface area contributed by atoms with Crippen molar-refractivity contribution in [2.24, 2.45) is 0 Å². The Morgan fingerprint density at radius 1 is 1.19 bits per heavy atom. The molecule has 0 aliphatic rings. The van der Waals surface area contributed by atoms with E-state index in [-0.39, 0.29) is 5.69 Å². The lowest BCUT2D eigenvalue weighted by atomic mass is 10.1. The average Bonchev–Trinajstić information content (AvgIpc) is 2.66. The van der Waals surface area contributed by atoms with Crippen LogP contribution in [0.15, 0.2) is 30.3 Å². The normalized spacial score (nSPS) is 10.4. The fourth-order valence-electron chi connectivity index (χ4n) is 1.38. The summed E-state index contributed by atoms with van der Waals surface area (Å²) < 4.78 is 0. The Morgan fingerprint density at radius 3 is 2.50 bits per heavy atom. The van der Waals surface area contributed by atoms with Crippen molar-refractivity contribution in [3.63, 3.8) is 0 Å². The van der Waals surface area contributed by atoms with E-state index in [4.69, 9.17) is 28.3 Å². The SMILES string of the molecule is O=C(O)c1ccc(-c2ccc(Cl)cc2Cl)[nH]1. The summed E-state index contributed by atoms with van der Waals surface area (Å²) in [4.78, 5) is 13.5. The van der Waals surface area contributed by atoms with Crippen LogP contribution in [-0.2, 0) is 0 Å². The molecular formula is C11H7Cl2NO2. The van der Waals surface area contributed by atoms with E-state index in [1.165, 1.54) is 6.07 Å². The van der Waals surface area contributed by atoms with Gasteiger partial charge < -0.3 is 10.1 Å². The van der Waals surface area contributed by atoms with Gasteiger partial charge in [-0.1, -0.05) is 23.2 Å². The van der Waals surface area contributed by atoms with Crippen LogP contribution in [-0.4, -0.2) is 16.1 Å². The Morgan fingerprint density at radius 2 is 1.94 bits per heavy atom. The van der Waals surface area contributed by atoms with Gasteiger partial charge in [0, 0.05) is 16.3 Å². The maximum atomic E-state index is 10.7. The summed E-state index contributed by atoms with van der Waals surface area (Å²) in [6, 6.07) is 8.20. The lowest BCUT2D eigenvalue weighted by Crippen LogP contribution is -1.95. The number of carbonyl (C=O) groups is 1. The molecule has 2 N–H and O–H groups in total. The van der Waals surface area contributed by atoms with E-state index in [2.05, 4.69) is 4.98 Å². The van der Waals surface area contributed by atoms with Crippen LogP contribution in [0.5, 0.6) is 0 Å². The molecule has 82 valence electrons. The molecule has 0 aliphatic carbocycles. The molecule has 0 spiro atoms. The van der Waals surface area contributed by atoms with E-state index in [0.29, 0.717) is 15.7 Å². The Hall–Kier alpha value is -1.45. The van der Waals surface area contributed by atoms with Crippen molar-refractivity contribution < 1.29 is 9.90 Å². The van der Waals surface area contributed by atoms with Gasteiger partial charge in [0.15, 0.2) is 0 Å². The molecule has 0 radical (unpaired) electrons. The Balaban J connectivity index is 2.46. The number of carboxylic acids is 1. The lowest BCUT2D eigenvalue weighted by molar-refractivity contribution is 0.0691. The van der Waals surface area contributed by atoms with Crippen LogP contribution in [0, 0.1) is 0 Å². The molecule has 5 heteroatoms. The first-order valence-electron chi connectivity index (χ1n) is 4.45. The van der Waals surface area contributed by atoms with Crippen LogP contribution in [0.1, 0.15) is 10.5 Å². The molecule has 1 heterocycles. The Bertz CT molecular complexity index is 549. The number of carboxylic acid groups (broad SMARTS) is 1. The molecule has 16 heavy (non-hydrogen) atoms. The van der Waals surface area contributed by atoms with E-state index in [9.17, 15) is 4.79 Å². The molecule has 0 fully saturated rings. The van der Waals surface area contributed by atoms with Gasteiger partial charge >= 0.3 is 5.97 Å². The summed E-state index contributed by atoms with van der Waals surface area (Å²) in [5, 5.41) is 9.79. The van der Waals surface area contributed by atoms with Crippen LogP contribution in [0.3, 0.4) is 0 Å². The second kappa shape index (κ2) is 4.20. The molecule has 1 aromatic heterocycles. The van der Waals surface area contributed by atoms with Crippen molar-refractivity contribution >= 4 is 29.2 Å². The zero-order valence-corrected chi connectivity index (χ0v) is 9.51. The van der Waals surface area contributed by atoms with Gasteiger partial charge in [-0.3, -0.25) is 0 Å². The van der Waals surface area contributed by atoms with Crippen molar-refractivity contribution in [2.45, 2.75) is 0 Å². The van der Waals surface area contributed by atoms with Gasteiger partial charge in [-0.25, -0.2) is 4.79 Å². The van der Waals surface area contributed by atoms with Crippen molar-refractivity contribution in [1.82, 2.24) is 4.98 Å². The fraction of sp³-hybridized carbons (Fsp3) is 0. The number of aromatic carboxylic acids is 1. The van der Waals surface area contributed by atoms with Crippen LogP contribution < -0.4 is 0 Å². The molecule has 0 saturated carbocycles. The largest absolute Gasteiger partial charge is 0.477 e. The number of rotatable bonds is 2. The summed E-state index contributed by atoms with van der Waals surface area (Å²) in [5.74, 6) is -1.00. The number of hydrogen-bond acceptors (Lipinski definition) is 1. The summed E-state index contributed by atoms with van der Waals surface area (Å²) in [6.07, 6.45) is 0. The van der Waals surface area contributed by atoms with Crippen LogP contribution in [0.2, 0.25) is 10.0 Å². The smallest absolute Gasteiger partial charge is 0.352 e. The zero-order valence-electron chi connectivity index (χ0n) is 8.00. The maximum absolute atomic E-state index is 10.7. The molecule has 0 bridgehead atoms. The number of aromatic nitrogens is 1. The first kappa shape index (κ1) is 11.0. The number of nitrogens with one attached hydrogen (secondary N) is 1. The van der Waals surface area contributed by atoms with Gasteiger partial charge in [-0.2, -0.15) is 0 Å². The number of H-pyrrole nitrogens is 1. The first-order chi connectivity index (χ1) is 7.58. The predicted octanol–water partition coefficient (Wildman–Crippen LogP) is 3.69. The van der Waals surface area contributed by atoms with Crippen molar-refractivity contribution in [3.8, 4) is 11.3 Å². The minimum absolute atomic E-state index is 0.126. The molecule has 0 aliphatic heterocycles. The van der Waals surface area contributed by atoms with Gasteiger partial charge in [-0.05, 0) is 30.3 Å². The quantitative estimate of drug-likeness (QED) is 0.860. The van der Waals surface area contributed by atoms with E-state index in [0.717, 1.165) is 5.56 Å². The molecular weight excluding hydrogens is 249 g/mol. The highest BCUT2D eigenvalue weighted by Crippen LogP contribution is 2.29.